The molecule has 0 aromatic rings. The van der Waals surface area contributed by atoms with Crippen molar-refractivity contribution < 1.29 is 47.7 Å². The lowest BCUT2D eigenvalue weighted by Gasteiger charge is -2.64. The van der Waals surface area contributed by atoms with Crippen LogP contribution in [0.3, 0.4) is 0 Å². The minimum absolute atomic E-state index is 0.0140. The maximum absolute atomic E-state index is 12.8. The molecule has 10 heteroatoms. The first-order valence-corrected chi connectivity index (χ1v) is 43.2. The first-order valence-electron chi connectivity index (χ1n) is 43.2. The number of hydrogen-bond donors (Lipinski definition) is 0. The second kappa shape index (κ2) is 28.4. The highest BCUT2D eigenvalue weighted by atomic mass is 16.6. The Balaban J connectivity index is 0.000000127. The molecular weight excluding hydrogens is 1250 g/mol. The van der Waals surface area contributed by atoms with Crippen LogP contribution in [0.5, 0.6) is 0 Å². The van der Waals surface area contributed by atoms with Crippen molar-refractivity contribution in [2.24, 2.45) is 150 Å². The normalized spacial score (nSPS) is 44.0. The lowest BCUT2D eigenvalue weighted by molar-refractivity contribution is -0.231. The highest BCUT2D eigenvalue weighted by Crippen LogP contribution is 2.69. The van der Waals surface area contributed by atoms with Gasteiger partial charge in [0, 0.05) is 0 Å². The van der Waals surface area contributed by atoms with Gasteiger partial charge in [0.15, 0.2) is 0 Å². The van der Waals surface area contributed by atoms with Gasteiger partial charge in [-0.25, -0.2) is 0 Å². The number of rotatable bonds is 18. The van der Waals surface area contributed by atoms with E-state index in [1.807, 2.05) is 69.2 Å². The largest absolute Gasteiger partial charge is 0.458 e. The van der Waals surface area contributed by atoms with Gasteiger partial charge < -0.3 is 23.7 Å². The summed E-state index contributed by atoms with van der Waals surface area (Å²) in [4.78, 5) is 63.1. The molecule has 10 nitrogen and oxygen atoms in total. The molecule has 20 aliphatic carbocycles. The molecule has 0 aromatic heterocycles. The summed E-state index contributed by atoms with van der Waals surface area (Å²) in [5, 5.41) is 0. The van der Waals surface area contributed by atoms with Gasteiger partial charge in [0.05, 0.1) is 27.1 Å². The van der Waals surface area contributed by atoms with Gasteiger partial charge in [0.1, 0.15) is 28.0 Å². The maximum Gasteiger partial charge on any atom is 0.312 e. The molecule has 0 spiro atoms. The molecule has 0 radical (unpaired) electrons. The fraction of sp³-hybridized carbons (Fsp3) is 0.945. The second-order valence-electron chi connectivity index (χ2n) is 43.3. The zero-order valence-electron chi connectivity index (χ0n) is 69.2. The van der Waals surface area contributed by atoms with E-state index in [0.29, 0.717) is 75.9 Å². The molecule has 0 aromatic carbocycles. The van der Waals surface area contributed by atoms with Gasteiger partial charge in [-0.1, -0.05) is 76.2 Å². The molecule has 20 aliphatic rings. The zero-order chi connectivity index (χ0) is 74.0. The highest BCUT2D eigenvalue weighted by Gasteiger charge is 2.66. The SMILES string of the molecule is CCC(C)(C)C(=O)OC1(C(C)C)C2CC3CC(C2)CC1C3.CCC(C)(C)C(=O)OC1(C)C2CC3CC(C2)CC1C3.CCC(C)(C)C(=O)OC1(C)C2CC3CC1CC(C)(C3)C2.CCC(C)(C)C(=O)OC1(CC)C2CC3CC(C2)CC1C3.CCC(C)(C)C(=O)OC1(CC)C2CC3CC1CC(C)(C3)C2. The smallest absolute Gasteiger partial charge is 0.312 e. The second-order valence-corrected chi connectivity index (χ2v) is 43.3. The van der Waals surface area contributed by atoms with Crippen LogP contribution < -0.4 is 0 Å². The van der Waals surface area contributed by atoms with Crippen LogP contribution >= 0.6 is 0 Å². The van der Waals surface area contributed by atoms with Crippen LogP contribution in [0.4, 0.5) is 0 Å². The van der Waals surface area contributed by atoms with Crippen LogP contribution in [0.1, 0.15) is 365 Å². The molecule has 20 rings (SSSR count). The molecule has 0 saturated heterocycles. The third kappa shape index (κ3) is 14.7. The van der Waals surface area contributed by atoms with E-state index in [0.717, 1.165) is 92.3 Å². The van der Waals surface area contributed by atoms with Crippen molar-refractivity contribution >= 4 is 29.8 Å². The summed E-state index contributed by atoms with van der Waals surface area (Å²) < 4.78 is 31.3. The van der Waals surface area contributed by atoms with Crippen LogP contribution in [0.25, 0.3) is 0 Å². The van der Waals surface area contributed by atoms with Crippen molar-refractivity contribution in [2.45, 2.75) is 393 Å². The Bertz CT molecular complexity index is 2850. The van der Waals surface area contributed by atoms with Crippen LogP contribution in [-0.4, -0.2) is 57.9 Å². The average Bonchev–Trinajstić information content (AvgIpc) is 0.736. The summed E-state index contributed by atoms with van der Waals surface area (Å²) in [6.07, 6.45) is 39.2. The van der Waals surface area contributed by atoms with Crippen molar-refractivity contribution in [1.82, 2.24) is 0 Å². The van der Waals surface area contributed by atoms with Crippen LogP contribution in [0.2, 0.25) is 0 Å². The van der Waals surface area contributed by atoms with E-state index < -0.39 is 0 Å². The Morgan fingerprint density at radius 1 is 0.287 bits per heavy atom. The highest BCUT2D eigenvalue weighted by molar-refractivity contribution is 5.78. The van der Waals surface area contributed by atoms with Gasteiger partial charge in [-0.3, -0.25) is 24.0 Å². The molecule has 576 valence electrons. The number of carbonyl (C=O) groups is 5. The Labute approximate surface area is 617 Å². The van der Waals surface area contributed by atoms with Crippen LogP contribution in [0.15, 0.2) is 0 Å². The number of carbonyl (C=O) groups excluding carboxylic acids is 5. The topological polar surface area (TPSA) is 132 Å². The lowest BCUT2D eigenvalue weighted by Crippen LogP contribution is -2.63. The van der Waals surface area contributed by atoms with E-state index in [1.54, 1.807) is 0 Å². The fourth-order valence-electron chi connectivity index (χ4n) is 26.6. The number of esters is 5. The van der Waals surface area contributed by atoms with E-state index in [-0.39, 0.29) is 84.9 Å². The maximum atomic E-state index is 12.8. The zero-order valence-corrected chi connectivity index (χ0v) is 69.2. The molecule has 0 N–H and O–H groups in total. The third-order valence-corrected chi connectivity index (χ3v) is 34.3. The minimum Gasteiger partial charge on any atom is -0.458 e. The molecule has 20 bridgehead atoms. The van der Waals surface area contributed by atoms with E-state index in [2.05, 4.69) is 90.0 Å². The molecule has 20 saturated carbocycles. The monoisotopic (exact) mass is 1410 g/mol. The van der Waals surface area contributed by atoms with Crippen LogP contribution in [-0.2, 0) is 47.7 Å². The quantitative estimate of drug-likeness (QED) is 0.0965. The Kier molecular flexibility index (Phi) is 22.3. The Hall–Kier alpha value is -2.65. The van der Waals surface area contributed by atoms with Gasteiger partial charge in [0.2, 0.25) is 0 Å². The van der Waals surface area contributed by atoms with Crippen molar-refractivity contribution in [2.75, 3.05) is 0 Å². The average molecular weight is 1410 g/mol. The third-order valence-electron chi connectivity index (χ3n) is 34.3. The molecule has 0 amide bonds. The summed E-state index contributed by atoms with van der Waals surface area (Å²) in [6.45, 7) is 49.0. The van der Waals surface area contributed by atoms with Crippen molar-refractivity contribution in [3.05, 3.63) is 0 Å². The molecule has 0 aliphatic heterocycles. The Morgan fingerprint density at radius 3 is 0.792 bits per heavy atom. The summed E-state index contributed by atoms with van der Waals surface area (Å²) in [5.41, 5.74) is -1.47. The van der Waals surface area contributed by atoms with E-state index in [9.17, 15) is 24.0 Å². The molecule has 0 heterocycles. The molecular formula is C91H152O10. The van der Waals surface area contributed by atoms with Gasteiger partial charge in [-0.05, 0) is 412 Å². The summed E-state index contributed by atoms with van der Waals surface area (Å²) in [6, 6.07) is 0. The minimum atomic E-state index is -0.351. The Morgan fingerprint density at radius 2 is 0.515 bits per heavy atom. The van der Waals surface area contributed by atoms with E-state index in [1.165, 1.54) is 161 Å². The number of hydrogen-bond acceptors (Lipinski definition) is 10. The fourth-order valence-corrected chi connectivity index (χ4v) is 26.6. The summed E-state index contributed by atoms with van der Waals surface area (Å²) in [5.74, 6) is 14.0. The first-order chi connectivity index (χ1) is 47.0. The van der Waals surface area contributed by atoms with Crippen LogP contribution in [0, 0.1) is 150 Å². The summed E-state index contributed by atoms with van der Waals surface area (Å²) in [7, 11) is 0. The summed E-state index contributed by atoms with van der Waals surface area (Å²) >= 11 is 0. The first kappa shape index (κ1) is 79.4. The molecule has 101 heavy (non-hydrogen) atoms. The van der Waals surface area contributed by atoms with Crippen molar-refractivity contribution in [1.29, 1.82) is 0 Å². The molecule has 4 atom stereocenters. The van der Waals surface area contributed by atoms with Gasteiger partial charge in [-0.15, -0.1) is 0 Å². The predicted octanol–water partition coefficient (Wildman–Crippen LogP) is 23.1. The molecule has 4 unspecified atom stereocenters. The standard InChI is InChI=1S/2C19H32O2.2C18H30O2.C17H28O2/c1-6-18(4,5)17(20)21-19(12(2)3)15-8-13-7-14(10-15)11-16(19)9-13;1-6-17(3,4)16(20)21-19(7-2)14-8-13-9-15(19)12-18(5,10-13)11-14;1-6-16(2,3)15(19)20-18(5)13-7-12-8-14(18)11-17(4,9-12)10-13;1-5-17(3,4)16(19)20-18(6-2)14-8-12-7-13(10-14)11-15(18)9-12;1-5-16(2,3)15(18)19-17(4)13-7-11-6-12(9-13)10-14(17)8-11/h12-16H,6-11H2,1-5H3;13-15H,6-12H2,1-5H3;12-14H,6-11H2,1-5H3;12-15H,5-11H2,1-4H3;11-14H,5-10H2,1-4H3. The van der Waals surface area contributed by atoms with Gasteiger partial charge in [0.25, 0.3) is 0 Å². The number of ether oxygens (including phenoxy) is 5. The lowest BCUT2D eigenvalue weighted by atomic mass is 9.44. The van der Waals surface area contributed by atoms with Crippen molar-refractivity contribution in [3.8, 4) is 0 Å². The van der Waals surface area contributed by atoms with Gasteiger partial charge >= 0.3 is 29.8 Å². The molecule has 20 fully saturated rings. The predicted molar refractivity (Wildman–Crippen MR) is 406 cm³/mol. The van der Waals surface area contributed by atoms with E-state index in [4.69, 9.17) is 23.7 Å². The van der Waals surface area contributed by atoms with Crippen molar-refractivity contribution in [3.63, 3.8) is 0 Å². The van der Waals surface area contributed by atoms with E-state index >= 15 is 0 Å². The van der Waals surface area contributed by atoms with Gasteiger partial charge in [-0.2, -0.15) is 0 Å².